The van der Waals surface area contributed by atoms with Crippen molar-refractivity contribution in [1.82, 2.24) is 9.97 Å². The standard InChI is InChI=1S/C14H17N3/c1-10-7-8-14(12(3)16-10)17-11(2)13-6-4-5-9-15-13/h4-9,11,17H,1-3H3. The Hall–Kier alpha value is -1.90. The van der Waals surface area contributed by atoms with Gasteiger partial charge >= 0.3 is 0 Å². The molecule has 2 rings (SSSR count). The van der Waals surface area contributed by atoms with Crippen LogP contribution in [0.25, 0.3) is 0 Å². The van der Waals surface area contributed by atoms with Crippen molar-refractivity contribution in [2.24, 2.45) is 0 Å². The topological polar surface area (TPSA) is 37.8 Å². The third kappa shape index (κ3) is 2.81. The van der Waals surface area contributed by atoms with Gasteiger partial charge in [-0.2, -0.15) is 0 Å². The first-order valence-electron chi connectivity index (χ1n) is 5.78. The predicted molar refractivity (Wildman–Crippen MR) is 70.0 cm³/mol. The Morgan fingerprint density at radius 2 is 1.94 bits per heavy atom. The van der Waals surface area contributed by atoms with E-state index in [9.17, 15) is 0 Å². The molecule has 0 bridgehead atoms. The number of rotatable bonds is 3. The zero-order valence-corrected chi connectivity index (χ0v) is 10.4. The number of hydrogen-bond donors (Lipinski definition) is 1. The highest BCUT2D eigenvalue weighted by atomic mass is 15.0. The zero-order valence-electron chi connectivity index (χ0n) is 10.4. The molecule has 2 aromatic rings. The van der Waals surface area contributed by atoms with Gasteiger partial charge in [0.05, 0.1) is 23.1 Å². The summed E-state index contributed by atoms with van der Waals surface area (Å²) >= 11 is 0. The van der Waals surface area contributed by atoms with E-state index in [2.05, 4.69) is 28.3 Å². The van der Waals surface area contributed by atoms with Gasteiger partial charge in [0.1, 0.15) is 0 Å². The highest BCUT2D eigenvalue weighted by Crippen LogP contribution is 2.19. The SMILES string of the molecule is Cc1ccc(NC(C)c2ccccn2)c(C)n1. The Bertz CT molecular complexity index is 494. The van der Waals surface area contributed by atoms with Crippen molar-refractivity contribution in [3.63, 3.8) is 0 Å². The lowest BCUT2D eigenvalue weighted by Crippen LogP contribution is -2.09. The van der Waals surface area contributed by atoms with Crippen LogP contribution in [0.2, 0.25) is 0 Å². The van der Waals surface area contributed by atoms with E-state index in [0.717, 1.165) is 22.8 Å². The van der Waals surface area contributed by atoms with E-state index < -0.39 is 0 Å². The molecule has 2 heterocycles. The molecule has 0 aliphatic carbocycles. The number of pyridine rings is 2. The quantitative estimate of drug-likeness (QED) is 0.874. The zero-order chi connectivity index (χ0) is 12.3. The van der Waals surface area contributed by atoms with Crippen LogP contribution in [0.4, 0.5) is 5.69 Å². The third-order valence-corrected chi connectivity index (χ3v) is 2.73. The Balaban J connectivity index is 2.16. The van der Waals surface area contributed by atoms with E-state index in [1.165, 1.54) is 0 Å². The predicted octanol–water partition coefficient (Wildman–Crippen LogP) is 3.27. The molecule has 0 aromatic carbocycles. The normalized spacial score (nSPS) is 12.2. The maximum absolute atomic E-state index is 4.44. The van der Waals surface area contributed by atoms with Crippen molar-refractivity contribution in [1.29, 1.82) is 0 Å². The van der Waals surface area contributed by atoms with Crippen LogP contribution in [0, 0.1) is 13.8 Å². The van der Waals surface area contributed by atoms with E-state index in [4.69, 9.17) is 0 Å². The van der Waals surface area contributed by atoms with Crippen molar-refractivity contribution in [3.8, 4) is 0 Å². The van der Waals surface area contributed by atoms with Crippen LogP contribution < -0.4 is 5.32 Å². The number of nitrogens with one attached hydrogen (secondary N) is 1. The molecule has 0 fully saturated rings. The molecule has 0 aliphatic rings. The summed E-state index contributed by atoms with van der Waals surface area (Å²) in [6.07, 6.45) is 1.81. The molecule has 0 saturated carbocycles. The van der Waals surface area contributed by atoms with Crippen LogP contribution >= 0.6 is 0 Å². The summed E-state index contributed by atoms with van der Waals surface area (Å²) in [6, 6.07) is 10.2. The molecular formula is C14H17N3. The molecule has 17 heavy (non-hydrogen) atoms. The number of hydrogen-bond acceptors (Lipinski definition) is 3. The van der Waals surface area contributed by atoms with Gasteiger partial charge in [-0.1, -0.05) is 6.07 Å². The number of aryl methyl sites for hydroxylation is 2. The fourth-order valence-electron chi connectivity index (χ4n) is 1.78. The molecule has 0 amide bonds. The molecule has 1 atom stereocenters. The molecule has 3 heteroatoms. The van der Waals surface area contributed by atoms with Gasteiger partial charge in [-0.15, -0.1) is 0 Å². The highest BCUT2D eigenvalue weighted by Gasteiger charge is 2.07. The van der Waals surface area contributed by atoms with Gasteiger partial charge in [-0.25, -0.2) is 0 Å². The molecular weight excluding hydrogens is 210 g/mol. The summed E-state index contributed by atoms with van der Waals surface area (Å²) < 4.78 is 0. The number of anilines is 1. The Morgan fingerprint density at radius 3 is 2.59 bits per heavy atom. The second-order valence-electron chi connectivity index (χ2n) is 4.21. The third-order valence-electron chi connectivity index (χ3n) is 2.73. The maximum atomic E-state index is 4.44. The summed E-state index contributed by atoms with van der Waals surface area (Å²) in [5.41, 5.74) is 4.16. The van der Waals surface area contributed by atoms with Gasteiger partial charge < -0.3 is 5.32 Å². The average Bonchev–Trinajstić information content (AvgIpc) is 2.34. The van der Waals surface area contributed by atoms with Crippen molar-refractivity contribution >= 4 is 5.69 Å². The molecule has 0 radical (unpaired) electrons. The summed E-state index contributed by atoms with van der Waals surface area (Å²) in [5.74, 6) is 0. The van der Waals surface area contributed by atoms with Gasteiger partial charge in [0, 0.05) is 11.9 Å². The Morgan fingerprint density at radius 1 is 1.12 bits per heavy atom. The molecule has 1 unspecified atom stereocenters. The minimum atomic E-state index is 0.180. The molecule has 0 aliphatic heterocycles. The molecule has 0 spiro atoms. The van der Waals surface area contributed by atoms with E-state index in [1.807, 2.05) is 44.3 Å². The molecule has 1 N–H and O–H groups in total. The van der Waals surface area contributed by atoms with Crippen molar-refractivity contribution < 1.29 is 0 Å². The first-order chi connectivity index (χ1) is 8.16. The van der Waals surface area contributed by atoms with Gasteiger partial charge in [0.2, 0.25) is 0 Å². The maximum Gasteiger partial charge on any atom is 0.0657 e. The van der Waals surface area contributed by atoms with Gasteiger partial charge in [0.15, 0.2) is 0 Å². The lowest BCUT2D eigenvalue weighted by molar-refractivity contribution is 0.835. The first kappa shape index (κ1) is 11.6. The number of aromatic nitrogens is 2. The largest absolute Gasteiger partial charge is 0.375 e. The minimum Gasteiger partial charge on any atom is -0.375 e. The van der Waals surface area contributed by atoms with Gasteiger partial charge in [0.25, 0.3) is 0 Å². The number of nitrogens with zero attached hydrogens (tertiary/aromatic N) is 2. The summed E-state index contributed by atoms with van der Waals surface area (Å²) in [7, 11) is 0. The van der Waals surface area contributed by atoms with Crippen LogP contribution in [0.3, 0.4) is 0 Å². The van der Waals surface area contributed by atoms with Crippen LogP contribution in [-0.4, -0.2) is 9.97 Å². The second-order valence-corrected chi connectivity index (χ2v) is 4.21. The Labute approximate surface area is 102 Å². The van der Waals surface area contributed by atoms with Crippen LogP contribution in [0.5, 0.6) is 0 Å². The summed E-state index contributed by atoms with van der Waals surface area (Å²) in [5, 5.41) is 3.43. The molecule has 88 valence electrons. The lowest BCUT2D eigenvalue weighted by Gasteiger charge is -2.16. The van der Waals surface area contributed by atoms with Crippen molar-refractivity contribution in [2.45, 2.75) is 26.8 Å². The van der Waals surface area contributed by atoms with Crippen molar-refractivity contribution in [2.75, 3.05) is 5.32 Å². The van der Waals surface area contributed by atoms with E-state index in [1.54, 1.807) is 0 Å². The van der Waals surface area contributed by atoms with E-state index >= 15 is 0 Å². The first-order valence-corrected chi connectivity index (χ1v) is 5.78. The van der Waals surface area contributed by atoms with Crippen LogP contribution in [0.15, 0.2) is 36.5 Å². The van der Waals surface area contributed by atoms with E-state index in [-0.39, 0.29) is 6.04 Å². The van der Waals surface area contributed by atoms with Gasteiger partial charge in [-0.3, -0.25) is 9.97 Å². The minimum absolute atomic E-state index is 0.180. The van der Waals surface area contributed by atoms with Crippen LogP contribution in [-0.2, 0) is 0 Å². The molecule has 0 saturated heterocycles. The van der Waals surface area contributed by atoms with Gasteiger partial charge in [-0.05, 0) is 45.0 Å². The molecule has 3 nitrogen and oxygen atoms in total. The fourth-order valence-corrected chi connectivity index (χ4v) is 1.78. The fraction of sp³-hybridized carbons (Fsp3) is 0.286. The average molecular weight is 227 g/mol. The Kier molecular flexibility index (Phi) is 3.38. The molecule has 2 aromatic heterocycles. The summed E-state index contributed by atoms with van der Waals surface area (Å²) in [6.45, 7) is 6.11. The smallest absolute Gasteiger partial charge is 0.0657 e. The lowest BCUT2D eigenvalue weighted by atomic mass is 10.2. The second kappa shape index (κ2) is 4.95. The monoisotopic (exact) mass is 227 g/mol. The summed E-state index contributed by atoms with van der Waals surface area (Å²) in [4.78, 5) is 8.78. The van der Waals surface area contributed by atoms with E-state index in [0.29, 0.717) is 0 Å². The highest BCUT2D eigenvalue weighted by molar-refractivity contribution is 5.49. The van der Waals surface area contributed by atoms with Crippen LogP contribution in [0.1, 0.15) is 30.0 Å². The van der Waals surface area contributed by atoms with Crippen molar-refractivity contribution in [3.05, 3.63) is 53.6 Å².